The standard InChI is InChI=1S/2C5H12O/c1-5(2)4-6-3;1-4-5(2)6-3/h2*5H,4H2,1-3H3. The van der Waals surface area contributed by atoms with Crippen LogP contribution in [0.3, 0.4) is 0 Å². The highest BCUT2D eigenvalue weighted by molar-refractivity contribution is 4.38. The highest BCUT2D eigenvalue weighted by Crippen LogP contribution is 1.90. The molecule has 0 aromatic carbocycles. The van der Waals surface area contributed by atoms with E-state index in [9.17, 15) is 0 Å². The first-order valence-corrected chi connectivity index (χ1v) is 4.60. The van der Waals surface area contributed by atoms with Crippen molar-refractivity contribution in [3.63, 3.8) is 0 Å². The maximum absolute atomic E-state index is 4.90. The van der Waals surface area contributed by atoms with E-state index in [1.54, 1.807) is 14.2 Å². The fourth-order valence-corrected chi connectivity index (χ4v) is 0.500. The van der Waals surface area contributed by atoms with Gasteiger partial charge in [-0.25, -0.2) is 0 Å². The Bertz CT molecular complexity index is 68.2. The van der Waals surface area contributed by atoms with Gasteiger partial charge in [0.25, 0.3) is 0 Å². The van der Waals surface area contributed by atoms with Crippen molar-refractivity contribution in [3.05, 3.63) is 0 Å². The lowest BCUT2D eigenvalue weighted by Crippen LogP contribution is -2.00. The molecule has 0 bridgehead atoms. The fraction of sp³-hybridized carbons (Fsp3) is 1.00. The van der Waals surface area contributed by atoms with Gasteiger partial charge in [-0.1, -0.05) is 20.8 Å². The minimum Gasteiger partial charge on any atom is -0.384 e. The summed E-state index contributed by atoms with van der Waals surface area (Å²) < 4.78 is 9.70. The second-order valence-electron chi connectivity index (χ2n) is 3.30. The summed E-state index contributed by atoms with van der Waals surface area (Å²) in [6.45, 7) is 9.29. The van der Waals surface area contributed by atoms with Crippen LogP contribution in [0, 0.1) is 5.92 Å². The third-order valence-electron chi connectivity index (χ3n) is 1.48. The summed E-state index contributed by atoms with van der Waals surface area (Å²) >= 11 is 0. The van der Waals surface area contributed by atoms with E-state index in [2.05, 4.69) is 27.7 Å². The Morgan fingerprint density at radius 2 is 1.58 bits per heavy atom. The van der Waals surface area contributed by atoms with Crippen LogP contribution < -0.4 is 0 Å². The van der Waals surface area contributed by atoms with E-state index in [1.165, 1.54) is 0 Å². The molecule has 0 rings (SSSR count). The Balaban J connectivity index is 0. The van der Waals surface area contributed by atoms with Gasteiger partial charge in [0.1, 0.15) is 0 Å². The Labute approximate surface area is 77.3 Å². The highest BCUT2D eigenvalue weighted by atomic mass is 16.5. The molecule has 0 aliphatic carbocycles. The molecule has 0 spiro atoms. The molecule has 0 saturated carbocycles. The second-order valence-corrected chi connectivity index (χ2v) is 3.30. The lowest BCUT2D eigenvalue weighted by atomic mass is 10.2. The van der Waals surface area contributed by atoms with Gasteiger partial charge in [-0.15, -0.1) is 0 Å². The van der Waals surface area contributed by atoms with Crippen molar-refractivity contribution in [1.29, 1.82) is 0 Å². The van der Waals surface area contributed by atoms with Crippen LogP contribution in [0.2, 0.25) is 0 Å². The Morgan fingerprint density at radius 1 is 1.08 bits per heavy atom. The monoisotopic (exact) mass is 176 g/mol. The largest absolute Gasteiger partial charge is 0.384 e. The van der Waals surface area contributed by atoms with Crippen LogP contribution in [0.1, 0.15) is 34.1 Å². The van der Waals surface area contributed by atoms with Crippen LogP contribution in [-0.4, -0.2) is 26.9 Å². The van der Waals surface area contributed by atoms with E-state index in [4.69, 9.17) is 9.47 Å². The third-order valence-corrected chi connectivity index (χ3v) is 1.48. The molecule has 0 aliphatic rings. The lowest BCUT2D eigenvalue weighted by Gasteiger charge is -2.01. The predicted molar refractivity (Wildman–Crippen MR) is 53.5 cm³/mol. The van der Waals surface area contributed by atoms with Crippen molar-refractivity contribution < 1.29 is 9.47 Å². The molecule has 1 unspecified atom stereocenters. The van der Waals surface area contributed by atoms with Crippen LogP contribution in [0.4, 0.5) is 0 Å². The SMILES string of the molecule is CCC(C)OC.COCC(C)C. The topological polar surface area (TPSA) is 18.5 Å². The maximum atomic E-state index is 4.90. The van der Waals surface area contributed by atoms with Gasteiger partial charge >= 0.3 is 0 Å². The molecule has 0 saturated heterocycles. The molecule has 0 heterocycles. The molecular formula is C10H24O2. The van der Waals surface area contributed by atoms with Gasteiger partial charge in [-0.2, -0.15) is 0 Å². The molecule has 0 aromatic rings. The molecular weight excluding hydrogens is 152 g/mol. The normalized spacial score (nSPS) is 12.2. The zero-order valence-electron chi connectivity index (χ0n) is 9.39. The van der Waals surface area contributed by atoms with E-state index in [0.29, 0.717) is 12.0 Å². The van der Waals surface area contributed by atoms with E-state index in [1.807, 2.05) is 0 Å². The molecule has 2 nitrogen and oxygen atoms in total. The molecule has 0 fully saturated rings. The average Bonchev–Trinajstić information content (AvgIpc) is 2.04. The summed E-state index contributed by atoms with van der Waals surface area (Å²) in [4.78, 5) is 0. The number of hydrogen-bond acceptors (Lipinski definition) is 2. The summed E-state index contributed by atoms with van der Waals surface area (Å²) in [6.07, 6.45) is 1.54. The number of rotatable bonds is 4. The summed E-state index contributed by atoms with van der Waals surface area (Å²) in [5.74, 6) is 0.676. The van der Waals surface area contributed by atoms with Gasteiger partial charge in [0.2, 0.25) is 0 Å². The Kier molecular flexibility index (Phi) is 13.1. The lowest BCUT2D eigenvalue weighted by molar-refractivity contribution is 0.115. The fourth-order valence-electron chi connectivity index (χ4n) is 0.500. The summed E-state index contributed by atoms with van der Waals surface area (Å²) in [5.41, 5.74) is 0. The van der Waals surface area contributed by atoms with Crippen molar-refractivity contribution in [2.75, 3.05) is 20.8 Å². The molecule has 76 valence electrons. The Hall–Kier alpha value is -0.0800. The molecule has 0 radical (unpaired) electrons. The first-order chi connectivity index (χ1) is 5.58. The summed E-state index contributed by atoms with van der Waals surface area (Å²) in [5, 5.41) is 0. The quantitative estimate of drug-likeness (QED) is 0.655. The number of ether oxygens (including phenoxy) is 2. The number of methoxy groups -OCH3 is 2. The van der Waals surface area contributed by atoms with E-state index < -0.39 is 0 Å². The minimum atomic E-state index is 0.435. The first kappa shape index (κ1) is 14.4. The van der Waals surface area contributed by atoms with Crippen molar-refractivity contribution in [2.24, 2.45) is 5.92 Å². The minimum absolute atomic E-state index is 0.435. The van der Waals surface area contributed by atoms with Gasteiger partial charge in [-0.3, -0.25) is 0 Å². The second kappa shape index (κ2) is 10.9. The molecule has 2 heteroatoms. The Morgan fingerprint density at radius 3 is 1.58 bits per heavy atom. The first-order valence-electron chi connectivity index (χ1n) is 4.60. The zero-order valence-corrected chi connectivity index (χ0v) is 9.39. The van der Waals surface area contributed by atoms with Gasteiger partial charge < -0.3 is 9.47 Å². The average molecular weight is 176 g/mol. The molecule has 0 N–H and O–H groups in total. The van der Waals surface area contributed by atoms with Crippen molar-refractivity contribution in [2.45, 2.75) is 40.2 Å². The number of hydrogen-bond donors (Lipinski definition) is 0. The van der Waals surface area contributed by atoms with Crippen molar-refractivity contribution in [1.82, 2.24) is 0 Å². The van der Waals surface area contributed by atoms with E-state index in [-0.39, 0.29) is 0 Å². The van der Waals surface area contributed by atoms with Crippen LogP contribution in [0.25, 0.3) is 0 Å². The summed E-state index contributed by atoms with van der Waals surface area (Å²) in [6, 6.07) is 0. The van der Waals surface area contributed by atoms with E-state index in [0.717, 1.165) is 13.0 Å². The van der Waals surface area contributed by atoms with Gasteiger partial charge in [0, 0.05) is 20.8 Å². The van der Waals surface area contributed by atoms with Crippen LogP contribution in [0.15, 0.2) is 0 Å². The van der Waals surface area contributed by atoms with Gasteiger partial charge in [-0.05, 0) is 19.3 Å². The smallest absolute Gasteiger partial charge is 0.0540 e. The van der Waals surface area contributed by atoms with E-state index >= 15 is 0 Å². The maximum Gasteiger partial charge on any atom is 0.0540 e. The molecule has 0 aromatic heterocycles. The molecule has 0 amide bonds. The zero-order chi connectivity index (χ0) is 9.98. The molecule has 1 atom stereocenters. The predicted octanol–water partition coefficient (Wildman–Crippen LogP) is 2.72. The van der Waals surface area contributed by atoms with Crippen molar-refractivity contribution >= 4 is 0 Å². The van der Waals surface area contributed by atoms with Crippen LogP contribution in [-0.2, 0) is 9.47 Å². The van der Waals surface area contributed by atoms with Crippen LogP contribution >= 0.6 is 0 Å². The van der Waals surface area contributed by atoms with Gasteiger partial charge in [0.15, 0.2) is 0 Å². The third kappa shape index (κ3) is 16.5. The molecule has 0 aliphatic heterocycles. The van der Waals surface area contributed by atoms with Gasteiger partial charge in [0.05, 0.1) is 6.10 Å². The highest BCUT2D eigenvalue weighted by Gasteiger charge is 1.88. The summed E-state index contributed by atoms with van der Waals surface area (Å²) in [7, 11) is 3.45. The van der Waals surface area contributed by atoms with Crippen LogP contribution in [0.5, 0.6) is 0 Å². The molecule has 12 heavy (non-hydrogen) atoms. The van der Waals surface area contributed by atoms with Crippen molar-refractivity contribution in [3.8, 4) is 0 Å².